The Bertz CT molecular complexity index is 1720. The largest absolute Gasteiger partial charge is 0.464 e. The summed E-state index contributed by atoms with van der Waals surface area (Å²) in [6, 6.07) is 21.0. The molecule has 0 aliphatic carbocycles. The highest BCUT2D eigenvalue weighted by molar-refractivity contribution is 7.21. The van der Waals surface area contributed by atoms with Gasteiger partial charge in [0.1, 0.15) is 32.9 Å². The second kappa shape index (κ2) is 6.95. The van der Waals surface area contributed by atoms with Crippen LogP contribution in [-0.2, 0) is 0 Å². The molecular weight excluding hydrogens is 434 g/mol. The highest BCUT2D eigenvalue weighted by Crippen LogP contribution is 2.43. The quantitative estimate of drug-likeness (QED) is 0.365. The van der Waals surface area contributed by atoms with E-state index in [2.05, 4.69) is 11.1 Å². The maximum atomic E-state index is 13.9. The molecule has 2 aromatic carbocycles. The Labute approximate surface area is 191 Å². The SMILES string of the molecule is N#Cc1c(N)nc2sc(C(=O)n3c4ccccc4c4ccccc43)c(N)c2c1-c1ccco1. The molecule has 0 aliphatic rings. The van der Waals surface area contributed by atoms with Crippen LogP contribution in [0.5, 0.6) is 0 Å². The molecular formula is C25H15N5O2S. The second-order valence-corrected chi connectivity index (χ2v) is 8.54. The number of fused-ring (bicyclic) bond motifs is 4. The van der Waals surface area contributed by atoms with Crippen molar-refractivity contribution in [1.29, 1.82) is 5.26 Å². The lowest BCUT2D eigenvalue weighted by Crippen LogP contribution is -2.11. The number of hydrogen-bond donors (Lipinski definition) is 2. The third kappa shape index (κ3) is 2.60. The number of nitrogens with zero attached hydrogens (tertiary/aromatic N) is 3. The number of pyridine rings is 1. The minimum Gasteiger partial charge on any atom is -0.464 e. The van der Waals surface area contributed by atoms with Crippen molar-refractivity contribution < 1.29 is 9.21 Å². The van der Waals surface area contributed by atoms with Gasteiger partial charge >= 0.3 is 0 Å². The van der Waals surface area contributed by atoms with Gasteiger partial charge in [-0.05, 0) is 24.3 Å². The van der Waals surface area contributed by atoms with Gasteiger partial charge in [-0.3, -0.25) is 9.36 Å². The van der Waals surface area contributed by atoms with Crippen molar-refractivity contribution in [2.24, 2.45) is 0 Å². The van der Waals surface area contributed by atoms with Crippen molar-refractivity contribution in [3.8, 4) is 17.4 Å². The maximum absolute atomic E-state index is 13.9. The summed E-state index contributed by atoms with van der Waals surface area (Å²) in [6.45, 7) is 0. The highest BCUT2D eigenvalue weighted by Gasteiger charge is 2.27. The lowest BCUT2D eigenvalue weighted by atomic mass is 10.0. The van der Waals surface area contributed by atoms with Crippen LogP contribution >= 0.6 is 11.3 Å². The third-order valence-electron chi connectivity index (χ3n) is 5.76. The molecule has 0 fully saturated rings. The number of carbonyl (C=O) groups is 1. The van der Waals surface area contributed by atoms with E-state index in [-0.39, 0.29) is 23.0 Å². The molecule has 0 bridgehead atoms. The van der Waals surface area contributed by atoms with E-state index in [4.69, 9.17) is 15.9 Å². The van der Waals surface area contributed by atoms with Gasteiger partial charge in [0.05, 0.1) is 28.5 Å². The number of nitrogen functional groups attached to an aromatic ring is 2. The van der Waals surface area contributed by atoms with Crippen LogP contribution in [0.4, 0.5) is 11.5 Å². The van der Waals surface area contributed by atoms with E-state index in [0.29, 0.717) is 26.4 Å². The number of hydrogen-bond acceptors (Lipinski definition) is 7. The Kier molecular flexibility index (Phi) is 4.02. The molecule has 0 spiro atoms. The van der Waals surface area contributed by atoms with Gasteiger partial charge < -0.3 is 15.9 Å². The molecule has 4 aromatic heterocycles. The van der Waals surface area contributed by atoms with Gasteiger partial charge in [-0.15, -0.1) is 11.3 Å². The summed E-state index contributed by atoms with van der Waals surface area (Å²) in [5, 5.41) is 12.2. The Morgan fingerprint density at radius 2 is 1.67 bits per heavy atom. The summed E-state index contributed by atoms with van der Waals surface area (Å²) in [6.07, 6.45) is 1.51. The number of rotatable bonds is 2. The zero-order chi connectivity index (χ0) is 22.7. The molecule has 0 saturated heterocycles. The first-order valence-electron chi connectivity index (χ1n) is 10.1. The van der Waals surface area contributed by atoms with Gasteiger partial charge in [0, 0.05) is 16.2 Å². The normalized spacial score (nSPS) is 11.4. The number of anilines is 2. The molecule has 0 aliphatic heterocycles. The Morgan fingerprint density at radius 3 is 2.27 bits per heavy atom. The lowest BCUT2D eigenvalue weighted by molar-refractivity contribution is 0.0974. The average molecular weight is 449 g/mol. The fourth-order valence-corrected chi connectivity index (χ4v) is 5.39. The van der Waals surface area contributed by atoms with E-state index in [1.165, 1.54) is 6.26 Å². The van der Waals surface area contributed by atoms with Crippen LogP contribution in [-0.4, -0.2) is 15.5 Å². The Hall–Kier alpha value is -4.61. The van der Waals surface area contributed by atoms with E-state index >= 15 is 0 Å². The molecule has 158 valence electrons. The number of nitrogens with two attached hydrogens (primary N) is 2. The van der Waals surface area contributed by atoms with Crippen molar-refractivity contribution in [2.75, 3.05) is 11.5 Å². The predicted molar refractivity (Wildman–Crippen MR) is 130 cm³/mol. The van der Waals surface area contributed by atoms with Gasteiger partial charge in [0.15, 0.2) is 0 Å². The van der Waals surface area contributed by atoms with Crippen molar-refractivity contribution in [2.45, 2.75) is 0 Å². The molecule has 0 unspecified atom stereocenters. The first-order valence-corrected chi connectivity index (χ1v) is 10.9. The fourth-order valence-electron chi connectivity index (χ4n) is 4.35. The van der Waals surface area contributed by atoms with Gasteiger partial charge in [-0.2, -0.15) is 5.26 Å². The number of nitriles is 1. The monoisotopic (exact) mass is 449 g/mol. The molecule has 0 saturated carbocycles. The average Bonchev–Trinajstić information content (AvgIpc) is 3.55. The molecule has 4 heterocycles. The predicted octanol–water partition coefficient (Wildman–Crippen LogP) is 5.39. The smallest absolute Gasteiger partial charge is 0.275 e. The molecule has 6 rings (SSSR count). The number of carbonyl (C=O) groups excluding carboxylic acids is 1. The highest BCUT2D eigenvalue weighted by atomic mass is 32.1. The molecule has 4 N–H and O–H groups in total. The Morgan fingerprint density at radius 1 is 1.00 bits per heavy atom. The first-order chi connectivity index (χ1) is 16.1. The third-order valence-corrected chi connectivity index (χ3v) is 6.85. The molecule has 0 radical (unpaired) electrons. The van der Waals surface area contributed by atoms with Gasteiger partial charge in [-0.1, -0.05) is 36.4 Å². The molecule has 8 heteroatoms. The summed E-state index contributed by atoms with van der Waals surface area (Å²) in [5.74, 6) is 0.231. The topological polar surface area (TPSA) is 124 Å². The molecule has 0 atom stereocenters. The van der Waals surface area contributed by atoms with Crippen molar-refractivity contribution in [3.05, 3.63) is 77.4 Å². The number of thiophene rings is 1. The number of furan rings is 1. The molecule has 7 nitrogen and oxygen atoms in total. The van der Waals surface area contributed by atoms with Crippen LogP contribution in [0.1, 0.15) is 15.2 Å². The van der Waals surface area contributed by atoms with Crippen LogP contribution in [0.25, 0.3) is 43.3 Å². The van der Waals surface area contributed by atoms with Crippen LogP contribution in [0, 0.1) is 11.3 Å². The zero-order valence-electron chi connectivity index (χ0n) is 17.1. The number of aromatic nitrogens is 2. The fraction of sp³-hybridized carbons (Fsp3) is 0. The van der Waals surface area contributed by atoms with E-state index < -0.39 is 0 Å². The summed E-state index contributed by atoms with van der Waals surface area (Å²) >= 11 is 1.15. The summed E-state index contributed by atoms with van der Waals surface area (Å²) < 4.78 is 7.24. The maximum Gasteiger partial charge on any atom is 0.275 e. The summed E-state index contributed by atoms with van der Waals surface area (Å²) in [5.41, 5.74) is 15.1. The lowest BCUT2D eigenvalue weighted by Gasteiger charge is -2.07. The minimum absolute atomic E-state index is 0.0634. The van der Waals surface area contributed by atoms with E-state index in [0.717, 1.165) is 33.1 Å². The first kappa shape index (κ1) is 19.1. The molecule has 33 heavy (non-hydrogen) atoms. The van der Waals surface area contributed by atoms with Gasteiger partial charge in [-0.25, -0.2) is 4.98 Å². The van der Waals surface area contributed by atoms with Crippen molar-refractivity contribution in [1.82, 2.24) is 9.55 Å². The second-order valence-electron chi connectivity index (χ2n) is 7.54. The minimum atomic E-state index is -0.268. The van der Waals surface area contributed by atoms with Crippen LogP contribution in [0.15, 0.2) is 71.3 Å². The van der Waals surface area contributed by atoms with Crippen LogP contribution < -0.4 is 11.5 Å². The zero-order valence-corrected chi connectivity index (χ0v) is 17.9. The van der Waals surface area contributed by atoms with E-state index in [1.54, 1.807) is 16.7 Å². The van der Waals surface area contributed by atoms with Crippen LogP contribution in [0.2, 0.25) is 0 Å². The molecule has 6 aromatic rings. The Balaban J connectivity index is 1.67. The van der Waals surface area contributed by atoms with Gasteiger partial charge in [0.25, 0.3) is 5.91 Å². The van der Waals surface area contributed by atoms with Crippen LogP contribution in [0.3, 0.4) is 0 Å². The molecule has 0 amide bonds. The van der Waals surface area contributed by atoms with E-state index in [1.807, 2.05) is 48.5 Å². The standard InChI is InChI=1S/C25H15N5O2S/c26-12-15-19(18-10-5-11-32-18)20-21(27)22(33-24(20)29-23(15)28)25(31)30-16-8-3-1-6-13(16)14-7-2-4-9-17(14)30/h1-11H,27H2,(H2,28,29). The summed E-state index contributed by atoms with van der Waals surface area (Å²) in [7, 11) is 0. The van der Waals surface area contributed by atoms with Crippen molar-refractivity contribution in [3.63, 3.8) is 0 Å². The van der Waals surface area contributed by atoms with Gasteiger partial charge in [0.2, 0.25) is 0 Å². The number of para-hydroxylation sites is 2. The summed E-state index contributed by atoms with van der Waals surface area (Å²) in [4.78, 5) is 19.1. The number of benzene rings is 2. The van der Waals surface area contributed by atoms with E-state index in [9.17, 15) is 10.1 Å². The van der Waals surface area contributed by atoms with Crippen molar-refractivity contribution >= 4 is 60.8 Å².